The van der Waals surface area contributed by atoms with Gasteiger partial charge in [-0.05, 0) is 18.6 Å². The Bertz CT molecular complexity index is 911. The summed E-state index contributed by atoms with van der Waals surface area (Å²) in [6.45, 7) is 5.59. The molecule has 0 bridgehead atoms. The normalized spacial score (nSPS) is 17.4. The average molecular weight is 429 g/mol. The molecule has 1 saturated heterocycles. The van der Waals surface area contributed by atoms with Crippen LogP contribution in [0.5, 0.6) is 0 Å². The fraction of sp³-hybridized carbons (Fsp3) is 0.368. The Kier molecular flexibility index (Phi) is 7.48. The summed E-state index contributed by atoms with van der Waals surface area (Å²) in [5.74, 6) is 1.07. The quantitative estimate of drug-likeness (QED) is 0.687. The molecule has 0 spiro atoms. The van der Waals surface area contributed by atoms with Crippen LogP contribution in [0.1, 0.15) is 23.1 Å². The topological polar surface area (TPSA) is 46.0 Å². The highest BCUT2D eigenvalue weighted by Gasteiger charge is 2.28. The number of rotatable bonds is 3. The number of hydrogen-bond donors (Lipinski definition) is 1. The van der Waals surface area contributed by atoms with Crippen LogP contribution in [-0.2, 0) is 13.6 Å². The predicted molar refractivity (Wildman–Crippen MR) is 115 cm³/mol. The number of hydrogen-bond acceptors (Lipinski definition) is 4. The highest BCUT2D eigenvalue weighted by atomic mass is 35.5. The smallest absolute Gasteiger partial charge is 0.127 e. The van der Waals surface area contributed by atoms with Crippen molar-refractivity contribution in [1.82, 2.24) is 24.8 Å². The van der Waals surface area contributed by atoms with Crippen LogP contribution in [0, 0.1) is 6.92 Å². The molecule has 5 nitrogen and oxygen atoms in total. The molecule has 1 aliphatic heterocycles. The van der Waals surface area contributed by atoms with Crippen LogP contribution in [0.4, 0.5) is 0 Å². The lowest BCUT2D eigenvalue weighted by Gasteiger charge is -2.35. The molecule has 27 heavy (non-hydrogen) atoms. The minimum absolute atomic E-state index is 0. The maximum Gasteiger partial charge on any atom is 0.127 e. The van der Waals surface area contributed by atoms with Gasteiger partial charge in [0, 0.05) is 51.0 Å². The number of piperazine rings is 1. The monoisotopic (exact) mass is 427 g/mol. The minimum atomic E-state index is 0. The van der Waals surface area contributed by atoms with E-state index in [1.54, 1.807) is 0 Å². The van der Waals surface area contributed by atoms with Crippen molar-refractivity contribution in [2.75, 3.05) is 19.6 Å². The Morgan fingerprint density at radius 1 is 1.26 bits per heavy atom. The summed E-state index contributed by atoms with van der Waals surface area (Å²) in [5.41, 5.74) is 3.05. The average Bonchev–Trinajstić information content (AvgIpc) is 3.06. The van der Waals surface area contributed by atoms with Crippen molar-refractivity contribution in [3.05, 3.63) is 58.8 Å². The highest BCUT2D eigenvalue weighted by molar-refractivity contribution is 6.32. The van der Waals surface area contributed by atoms with Gasteiger partial charge in [-0.3, -0.25) is 4.90 Å². The van der Waals surface area contributed by atoms with E-state index in [2.05, 4.69) is 38.8 Å². The Morgan fingerprint density at radius 3 is 2.78 bits per heavy atom. The van der Waals surface area contributed by atoms with Crippen LogP contribution in [-0.4, -0.2) is 39.1 Å². The number of pyridine rings is 1. The van der Waals surface area contributed by atoms with Crippen molar-refractivity contribution < 1.29 is 0 Å². The van der Waals surface area contributed by atoms with Gasteiger partial charge in [0.2, 0.25) is 0 Å². The molecule has 1 N–H and O–H groups in total. The van der Waals surface area contributed by atoms with Crippen LogP contribution in [0.2, 0.25) is 5.02 Å². The molecule has 4 rings (SSSR count). The summed E-state index contributed by atoms with van der Waals surface area (Å²) < 4.78 is 2.09. The van der Waals surface area contributed by atoms with E-state index in [0.29, 0.717) is 0 Å². The van der Waals surface area contributed by atoms with Gasteiger partial charge in [-0.1, -0.05) is 29.8 Å². The van der Waals surface area contributed by atoms with Crippen LogP contribution in [0.15, 0.2) is 36.7 Å². The maximum atomic E-state index is 6.67. The summed E-state index contributed by atoms with van der Waals surface area (Å²) in [5, 5.41) is 5.37. The van der Waals surface area contributed by atoms with E-state index in [4.69, 9.17) is 16.6 Å². The van der Waals surface area contributed by atoms with Gasteiger partial charge in [0.1, 0.15) is 5.82 Å². The van der Waals surface area contributed by atoms with Gasteiger partial charge < -0.3 is 9.88 Å². The molecule has 1 fully saturated rings. The number of halogens is 3. The number of aryl methyl sites for hydroxylation is 2. The number of para-hydroxylation sites is 1. The number of nitrogens with zero attached hydrogens (tertiary/aromatic N) is 4. The van der Waals surface area contributed by atoms with E-state index < -0.39 is 0 Å². The lowest BCUT2D eigenvalue weighted by molar-refractivity contribution is 0.143. The molecular formula is C19H24Cl3N5. The number of nitrogens with one attached hydrogen (secondary N) is 1. The van der Waals surface area contributed by atoms with Gasteiger partial charge >= 0.3 is 0 Å². The van der Waals surface area contributed by atoms with Crippen LogP contribution >= 0.6 is 36.4 Å². The van der Waals surface area contributed by atoms with Crippen molar-refractivity contribution >= 4 is 47.3 Å². The highest BCUT2D eigenvalue weighted by Crippen LogP contribution is 2.30. The third-order valence-corrected chi connectivity index (χ3v) is 5.51. The first-order chi connectivity index (χ1) is 12.1. The molecular weight excluding hydrogens is 405 g/mol. The Labute approximate surface area is 176 Å². The fourth-order valence-electron chi connectivity index (χ4n) is 3.60. The van der Waals surface area contributed by atoms with Crippen LogP contribution in [0.3, 0.4) is 0 Å². The van der Waals surface area contributed by atoms with E-state index in [-0.39, 0.29) is 30.9 Å². The Hall–Kier alpha value is -1.37. The lowest BCUT2D eigenvalue weighted by Crippen LogP contribution is -2.46. The van der Waals surface area contributed by atoms with Crippen molar-refractivity contribution in [2.24, 2.45) is 7.05 Å². The minimum Gasteiger partial charge on any atom is -0.337 e. The van der Waals surface area contributed by atoms with Gasteiger partial charge in [0.05, 0.1) is 22.3 Å². The van der Waals surface area contributed by atoms with Gasteiger partial charge in [-0.2, -0.15) is 0 Å². The second-order valence-electron chi connectivity index (χ2n) is 6.60. The zero-order chi connectivity index (χ0) is 17.4. The predicted octanol–water partition coefficient (Wildman–Crippen LogP) is 3.92. The summed E-state index contributed by atoms with van der Waals surface area (Å²) in [6.07, 6.45) is 3.85. The van der Waals surface area contributed by atoms with Gasteiger partial charge in [-0.15, -0.1) is 24.8 Å². The van der Waals surface area contributed by atoms with Crippen molar-refractivity contribution in [2.45, 2.75) is 19.5 Å². The van der Waals surface area contributed by atoms with Gasteiger partial charge in [0.25, 0.3) is 0 Å². The van der Waals surface area contributed by atoms with E-state index >= 15 is 0 Å². The molecule has 8 heteroatoms. The third-order valence-electron chi connectivity index (χ3n) is 5.01. The summed E-state index contributed by atoms with van der Waals surface area (Å²) in [4.78, 5) is 11.8. The molecule has 2 aromatic heterocycles. The zero-order valence-corrected chi connectivity index (χ0v) is 17.7. The maximum absolute atomic E-state index is 6.67. The van der Waals surface area contributed by atoms with Gasteiger partial charge in [0.15, 0.2) is 0 Å². The molecule has 0 amide bonds. The molecule has 0 aliphatic carbocycles. The largest absolute Gasteiger partial charge is 0.337 e. The molecule has 1 atom stereocenters. The first-order valence-corrected chi connectivity index (χ1v) is 8.98. The number of benzene rings is 1. The Balaban J connectivity index is 0.00000131. The molecule has 3 aromatic rings. The first kappa shape index (κ1) is 21.9. The third kappa shape index (κ3) is 4.23. The molecule has 3 heterocycles. The van der Waals surface area contributed by atoms with Crippen molar-refractivity contribution in [3.8, 4) is 0 Å². The van der Waals surface area contributed by atoms with Crippen LogP contribution < -0.4 is 5.32 Å². The lowest BCUT2D eigenvalue weighted by atomic mass is 10.1. The number of aromatic nitrogens is 3. The van der Waals surface area contributed by atoms with E-state index in [1.807, 2.05) is 31.6 Å². The molecule has 146 valence electrons. The van der Waals surface area contributed by atoms with E-state index in [9.17, 15) is 0 Å². The SMILES string of the molecule is Cc1c(Cl)c(CN2CCNCC2c2nccn2C)nc2ccccc12.Cl.Cl. The molecule has 1 aliphatic rings. The standard InChI is InChI=1S/C19H22ClN5.2ClH/c1-13-14-5-3-4-6-15(14)23-16(18(13)20)12-25-10-7-21-11-17(25)19-22-8-9-24(19)2;;/h3-6,8-9,17,21H,7,10-12H2,1-2H3;2*1H. The molecule has 1 unspecified atom stereocenters. The van der Waals surface area contributed by atoms with Crippen molar-refractivity contribution in [3.63, 3.8) is 0 Å². The summed E-state index contributed by atoms with van der Waals surface area (Å²) in [7, 11) is 2.04. The second-order valence-corrected chi connectivity index (χ2v) is 6.98. The Morgan fingerprint density at radius 2 is 2.04 bits per heavy atom. The second kappa shape index (κ2) is 9.22. The summed E-state index contributed by atoms with van der Waals surface area (Å²) in [6, 6.07) is 8.40. The van der Waals surface area contributed by atoms with Crippen LogP contribution in [0.25, 0.3) is 10.9 Å². The zero-order valence-electron chi connectivity index (χ0n) is 15.4. The van der Waals surface area contributed by atoms with Gasteiger partial charge in [-0.25, -0.2) is 9.97 Å². The molecule has 0 radical (unpaired) electrons. The summed E-state index contributed by atoms with van der Waals surface area (Å²) >= 11 is 6.67. The fourth-order valence-corrected chi connectivity index (χ4v) is 3.81. The van der Waals surface area contributed by atoms with Crippen molar-refractivity contribution in [1.29, 1.82) is 0 Å². The van der Waals surface area contributed by atoms with E-state index in [0.717, 1.165) is 59.2 Å². The molecule has 1 aromatic carbocycles. The number of fused-ring (bicyclic) bond motifs is 1. The van der Waals surface area contributed by atoms with E-state index in [1.165, 1.54) is 0 Å². The number of imidazole rings is 1. The molecule has 0 saturated carbocycles. The first-order valence-electron chi connectivity index (χ1n) is 8.61.